The molecular formula is C22H34N2O2. The van der Waals surface area contributed by atoms with Crippen LogP contribution in [0.25, 0.3) is 0 Å². The van der Waals surface area contributed by atoms with Gasteiger partial charge < -0.3 is 9.80 Å². The molecule has 0 N–H and O–H groups in total. The van der Waals surface area contributed by atoms with Gasteiger partial charge in [0.1, 0.15) is 0 Å². The van der Waals surface area contributed by atoms with Gasteiger partial charge in [0.25, 0.3) is 5.91 Å². The van der Waals surface area contributed by atoms with Gasteiger partial charge in [-0.1, -0.05) is 19.1 Å². The summed E-state index contributed by atoms with van der Waals surface area (Å²) in [5, 5.41) is 0. The first-order chi connectivity index (χ1) is 12.2. The second kappa shape index (κ2) is 8.70. The summed E-state index contributed by atoms with van der Waals surface area (Å²) in [7, 11) is 1.90. The molecule has 144 valence electrons. The van der Waals surface area contributed by atoms with Gasteiger partial charge in [0.15, 0.2) is 0 Å². The molecule has 2 atom stereocenters. The van der Waals surface area contributed by atoms with Crippen molar-refractivity contribution in [3.63, 3.8) is 0 Å². The Morgan fingerprint density at radius 3 is 2.19 bits per heavy atom. The second-order valence-electron chi connectivity index (χ2n) is 8.35. The third-order valence-corrected chi connectivity index (χ3v) is 5.57. The largest absolute Gasteiger partial charge is 0.345 e. The zero-order valence-electron chi connectivity index (χ0n) is 17.2. The molecule has 0 aromatic heterocycles. The lowest BCUT2D eigenvalue weighted by Crippen LogP contribution is -2.42. The van der Waals surface area contributed by atoms with Crippen LogP contribution in [0.2, 0.25) is 0 Å². The lowest BCUT2D eigenvalue weighted by Gasteiger charge is -2.33. The SMILES string of the molecule is CC(Cc1ccc(C(=O)N(C(C)C)C(C)C)cc1)C1CCC(=O)N(C)C1. The van der Waals surface area contributed by atoms with Gasteiger partial charge in [-0.25, -0.2) is 0 Å². The molecule has 0 bridgehead atoms. The molecule has 1 aliphatic heterocycles. The Kier molecular flexibility index (Phi) is 6.85. The molecular weight excluding hydrogens is 324 g/mol. The van der Waals surface area contributed by atoms with Gasteiger partial charge >= 0.3 is 0 Å². The summed E-state index contributed by atoms with van der Waals surface area (Å²) >= 11 is 0. The first-order valence-corrected chi connectivity index (χ1v) is 9.86. The molecule has 1 aromatic rings. The zero-order valence-corrected chi connectivity index (χ0v) is 17.2. The number of rotatable bonds is 6. The van der Waals surface area contributed by atoms with Gasteiger partial charge in [-0.05, 0) is 70.1 Å². The van der Waals surface area contributed by atoms with E-state index in [1.54, 1.807) is 0 Å². The van der Waals surface area contributed by atoms with Crippen molar-refractivity contribution in [2.45, 2.75) is 66.0 Å². The first-order valence-electron chi connectivity index (χ1n) is 9.86. The molecule has 2 unspecified atom stereocenters. The minimum atomic E-state index is 0.0991. The summed E-state index contributed by atoms with van der Waals surface area (Å²) in [6.07, 6.45) is 2.64. The van der Waals surface area contributed by atoms with Gasteiger partial charge in [0.2, 0.25) is 5.91 Å². The summed E-state index contributed by atoms with van der Waals surface area (Å²) in [6, 6.07) is 8.46. The maximum absolute atomic E-state index is 12.8. The van der Waals surface area contributed by atoms with E-state index in [0.717, 1.165) is 24.9 Å². The van der Waals surface area contributed by atoms with Gasteiger partial charge in [-0.15, -0.1) is 0 Å². The predicted octanol–water partition coefficient (Wildman–Crippen LogP) is 3.99. The lowest BCUT2D eigenvalue weighted by atomic mass is 9.83. The zero-order chi connectivity index (χ0) is 19.4. The smallest absolute Gasteiger partial charge is 0.254 e. The van der Waals surface area contributed by atoms with E-state index in [9.17, 15) is 9.59 Å². The van der Waals surface area contributed by atoms with Crippen molar-refractivity contribution < 1.29 is 9.59 Å². The average molecular weight is 359 g/mol. The Morgan fingerprint density at radius 2 is 1.69 bits per heavy atom. The van der Waals surface area contributed by atoms with Crippen molar-refractivity contribution in [1.29, 1.82) is 0 Å². The molecule has 0 saturated carbocycles. The molecule has 4 heteroatoms. The van der Waals surface area contributed by atoms with Gasteiger partial charge in [-0.2, -0.15) is 0 Å². The molecule has 4 nitrogen and oxygen atoms in total. The molecule has 1 aromatic carbocycles. The van der Waals surface area contributed by atoms with Crippen LogP contribution in [-0.2, 0) is 11.2 Å². The highest BCUT2D eigenvalue weighted by molar-refractivity contribution is 5.94. The molecule has 0 aliphatic carbocycles. The van der Waals surface area contributed by atoms with Crippen molar-refractivity contribution in [2.75, 3.05) is 13.6 Å². The van der Waals surface area contributed by atoms with Crippen molar-refractivity contribution in [1.82, 2.24) is 9.80 Å². The Labute approximate surface area is 158 Å². The molecule has 2 amide bonds. The van der Waals surface area contributed by atoms with Crippen LogP contribution in [-0.4, -0.2) is 47.3 Å². The highest BCUT2D eigenvalue weighted by Crippen LogP contribution is 2.26. The van der Waals surface area contributed by atoms with Crippen molar-refractivity contribution >= 4 is 11.8 Å². The standard InChI is InChI=1S/C22H34N2O2/c1-15(2)24(16(3)4)22(26)19-9-7-18(8-10-19)13-17(5)20-11-12-21(25)23(6)14-20/h7-10,15-17,20H,11-14H2,1-6H3. The normalized spacial score (nSPS) is 19.2. The lowest BCUT2D eigenvalue weighted by molar-refractivity contribution is -0.133. The second-order valence-corrected chi connectivity index (χ2v) is 8.35. The minimum Gasteiger partial charge on any atom is -0.345 e. The molecule has 2 rings (SSSR count). The van der Waals surface area contributed by atoms with Crippen LogP contribution in [0.3, 0.4) is 0 Å². The fourth-order valence-corrected chi connectivity index (χ4v) is 4.05. The fourth-order valence-electron chi connectivity index (χ4n) is 4.05. The van der Waals surface area contributed by atoms with E-state index in [0.29, 0.717) is 18.3 Å². The van der Waals surface area contributed by atoms with E-state index >= 15 is 0 Å². The highest BCUT2D eigenvalue weighted by Gasteiger charge is 2.27. The summed E-state index contributed by atoms with van der Waals surface area (Å²) in [4.78, 5) is 28.2. The van der Waals surface area contributed by atoms with E-state index in [1.807, 2.05) is 29.0 Å². The molecule has 0 spiro atoms. The van der Waals surface area contributed by atoms with E-state index in [1.165, 1.54) is 5.56 Å². The van der Waals surface area contributed by atoms with E-state index in [4.69, 9.17) is 0 Å². The molecule has 1 heterocycles. The Morgan fingerprint density at radius 1 is 1.12 bits per heavy atom. The number of nitrogens with zero attached hydrogens (tertiary/aromatic N) is 2. The summed E-state index contributed by atoms with van der Waals surface area (Å²) < 4.78 is 0. The number of hydrogen-bond donors (Lipinski definition) is 0. The van der Waals surface area contributed by atoms with Crippen LogP contribution >= 0.6 is 0 Å². The van der Waals surface area contributed by atoms with Crippen molar-refractivity contribution in [2.24, 2.45) is 11.8 Å². The number of carbonyl (C=O) groups is 2. The summed E-state index contributed by atoms with van der Waals surface area (Å²) in [5.41, 5.74) is 2.01. The van der Waals surface area contributed by atoms with Gasteiger partial charge in [0.05, 0.1) is 0 Å². The van der Waals surface area contributed by atoms with Crippen LogP contribution in [0.1, 0.15) is 63.4 Å². The maximum atomic E-state index is 12.8. The highest BCUT2D eigenvalue weighted by atomic mass is 16.2. The molecule has 1 saturated heterocycles. The number of piperidine rings is 1. The third-order valence-electron chi connectivity index (χ3n) is 5.57. The number of carbonyl (C=O) groups excluding carboxylic acids is 2. The number of likely N-dealkylation sites (tertiary alicyclic amines) is 1. The first kappa shape index (κ1) is 20.5. The van der Waals surface area contributed by atoms with Crippen LogP contribution in [0.15, 0.2) is 24.3 Å². The minimum absolute atomic E-state index is 0.0991. The molecule has 0 radical (unpaired) electrons. The van der Waals surface area contributed by atoms with E-state index < -0.39 is 0 Å². The van der Waals surface area contributed by atoms with E-state index in [-0.39, 0.29) is 23.9 Å². The van der Waals surface area contributed by atoms with Crippen LogP contribution in [0.4, 0.5) is 0 Å². The number of amides is 2. The number of hydrogen-bond acceptors (Lipinski definition) is 2. The third kappa shape index (κ3) is 4.87. The Balaban J connectivity index is 2.01. The van der Waals surface area contributed by atoms with Crippen LogP contribution in [0, 0.1) is 11.8 Å². The monoisotopic (exact) mass is 358 g/mol. The molecule has 1 fully saturated rings. The maximum Gasteiger partial charge on any atom is 0.254 e. The predicted molar refractivity (Wildman–Crippen MR) is 106 cm³/mol. The molecule has 26 heavy (non-hydrogen) atoms. The molecule has 1 aliphatic rings. The van der Waals surface area contributed by atoms with Gasteiger partial charge in [0, 0.05) is 37.7 Å². The Bertz CT molecular complexity index is 614. The summed E-state index contributed by atoms with van der Waals surface area (Å²) in [6.45, 7) is 11.3. The summed E-state index contributed by atoms with van der Waals surface area (Å²) in [5.74, 6) is 1.43. The van der Waals surface area contributed by atoms with Crippen LogP contribution < -0.4 is 0 Å². The van der Waals surface area contributed by atoms with Gasteiger partial charge in [-0.3, -0.25) is 9.59 Å². The van der Waals surface area contributed by atoms with Crippen LogP contribution in [0.5, 0.6) is 0 Å². The average Bonchev–Trinajstić information content (AvgIpc) is 2.57. The number of benzene rings is 1. The fraction of sp³-hybridized carbons (Fsp3) is 0.636. The van der Waals surface area contributed by atoms with Crippen molar-refractivity contribution in [3.8, 4) is 0 Å². The Hall–Kier alpha value is -1.84. The quantitative estimate of drug-likeness (QED) is 0.771. The van der Waals surface area contributed by atoms with Crippen molar-refractivity contribution in [3.05, 3.63) is 35.4 Å². The van der Waals surface area contributed by atoms with E-state index in [2.05, 4.69) is 46.8 Å². The topological polar surface area (TPSA) is 40.6 Å².